The first kappa shape index (κ1) is 7.25. The van der Waals surface area contributed by atoms with Crippen LogP contribution in [0.25, 0.3) is 0 Å². The lowest BCUT2D eigenvalue weighted by molar-refractivity contribution is -0.125. The van der Waals surface area contributed by atoms with E-state index in [1.54, 1.807) is 0 Å². The second-order valence-corrected chi connectivity index (χ2v) is 3.83. The van der Waals surface area contributed by atoms with Crippen LogP contribution in [0.4, 0.5) is 0 Å². The third-order valence-electron chi connectivity index (χ3n) is 2.83. The number of nitrogens with two attached hydrogens (primary N) is 1. The van der Waals surface area contributed by atoms with Crippen LogP contribution >= 0.6 is 0 Å². The van der Waals surface area contributed by atoms with E-state index in [0.29, 0.717) is 5.92 Å². The van der Waals surface area contributed by atoms with Crippen molar-refractivity contribution in [1.29, 1.82) is 0 Å². The van der Waals surface area contributed by atoms with Gasteiger partial charge in [-0.15, -0.1) is 0 Å². The zero-order valence-corrected chi connectivity index (χ0v) is 6.83. The third-order valence-corrected chi connectivity index (χ3v) is 2.83. The largest absolute Gasteiger partial charge is 0.358 e. The van der Waals surface area contributed by atoms with E-state index in [2.05, 4.69) is 6.92 Å². The summed E-state index contributed by atoms with van der Waals surface area (Å²) in [6, 6.07) is -0.297. The van der Waals surface area contributed by atoms with Gasteiger partial charge in [0, 0.05) is 0 Å². The molecule has 4 atom stereocenters. The maximum absolute atomic E-state index is 11.4. The molecule has 0 aromatic heterocycles. The molecule has 0 aromatic carbocycles. The number of ether oxygens (including phenoxy) is 1. The number of carbonyl (C=O) groups is 1. The second-order valence-electron chi connectivity index (χ2n) is 3.83. The van der Waals surface area contributed by atoms with Gasteiger partial charge < -0.3 is 10.5 Å². The van der Waals surface area contributed by atoms with E-state index in [0.717, 1.165) is 6.42 Å². The molecule has 0 spiro atoms. The Kier molecular flexibility index (Phi) is 1.22. The minimum Gasteiger partial charge on any atom is -0.358 e. The van der Waals surface area contributed by atoms with Gasteiger partial charge in [0.05, 0.1) is 12.1 Å². The van der Waals surface area contributed by atoms with Crippen LogP contribution in [0.5, 0.6) is 0 Å². The van der Waals surface area contributed by atoms with Crippen molar-refractivity contribution >= 4 is 5.78 Å². The SMILES string of the molecule is CC1CC(N)C(=O)[C@]2(C)OC12. The van der Waals surface area contributed by atoms with E-state index >= 15 is 0 Å². The maximum Gasteiger partial charge on any atom is 0.183 e. The molecule has 1 aliphatic carbocycles. The molecule has 1 saturated carbocycles. The monoisotopic (exact) mass is 155 g/mol. The molecule has 1 heterocycles. The number of hydrogen-bond acceptors (Lipinski definition) is 3. The van der Waals surface area contributed by atoms with Gasteiger partial charge >= 0.3 is 0 Å². The zero-order chi connectivity index (χ0) is 8.22. The average molecular weight is 155 g/mol. The van der Waals surface area contributed by atoms with Crippen LogP contribution in [0.15, 0.2) is 0 Å². The quantitative estimate of drug-likeness (QED) is 0.504. The number of ketones is 1. The first-order valence-electron chi connectivity index (χ1n) is 4.03. The standard InChI is InChI=1S/C8H13NO2/c1-4-3-5(9)6(10)8(2)7(4)11-8/h4-5,7H,3,9H2,1-2H3/t4?,5?,7?,8-/m0/s1. The van der Waals surface area contributed by atoms with Gasteiger partial charge in [0.15, 0.2) is 11.4 Å². The predicted molar refractivity (Wildman–Crippen MR) is 40.0 cm³/mol. The molecular weight excluding hydrogens is 142 g/mol. The van der Waals surface area contributed by atoms with Crippen LogP contribution in [0.2, 0.25) is 0 Å². The minimum absolute atomic E-state index is 0.0839. The van der Waals surface area contributed by atoms with Crippen LogP contribution in [0, 0.1) is 5.92 Å². The summed E-state index contributed by atoms with van der Waals surface area (Å²) in [5.41, 5.74) is 5.12. The van der Waals surface area contributed by atoms with Gasteiger partial charge in [0.1, 0.15) is 0 Å². The molecule has 2 N–H and O–H groups in total. The number of epoxide rings is 1. The number of hydrogen-bond donors (Lipinski definition) is 1. The van der Waals surface area contributed by atoms with Crippen molar-refractivity contribution < 1.29 is 9.53 Å². The van der Waals surface area contributed by atoms with Crippen molar-refractivity contribution in [3.05, 3.63) is 0 Å². The highest BCUT2D eigenvalue weighted by atomic mass is 16.6. The van der Waals surface area contributed by atoms with Crippen LogP contribution in [0.1, 0.15) is 20.3 Å². The highest BCUT2D eigenvalue weighted by molar-refractivity contribution is 5.95. The molecule has 11 heavy (non-hydrogen) atoms. The molecule has 2 rings (SSSR count). The van der Waals surface area contributed by atoms with Crippen LogP contribution in [-0.4, -0.2) is 23.5 Å². The average Bonchev–Trinajstić information content (AvgIpc) is 2.60. The van der Waals surface area contributed by atoms with Gasteiger partial charge in [0.2, 0.25) is 0 Å². The summed E-state index contributed by atoms with van der Waals surface area (Å²) in [7, 11) is 0. The molecule has 0 aromatic rings. The van der Waals surface area contributed by atoms with Crippen LogP contribution < -0.4 is 5.73 Å². The summed E-state index contributed by atoms with van der Waals surface area (Å²) in [5, 5.41) is 0. The van der Waals surface area contributed by atoms with Crippen LogP contribution in [-0.2, 0) is 9.53 Å². The molecule has 0 bridgehead atoms. The number of carbonyl (C=O) groups excluding carboxylic acids is 1. The van der Waals surface area contributed by atoms with Crippen molar-refractivity contribution in [2.75, 3.05) is 0 Å². The van der Waals surface area contributed by atoms with E-state index in [-0.39, 0.29) is 17.9 Å². The molecule has 2 aliphatic rings. The maximum atomic E-state index is 11.4. The van der Waals surface area contributed by atoms with Crippen molar-refractivity contribution in [2.24, 2.45) is 11.7 Å². The summed E-state index contributed by atoms with van der Waals surface area (Å²) >= 11 is 0. The summed E-state index contributed by atoms with van der Waals surface area (Å²) < 4.78 is 5.33. The molecule has 1 aliphatic heterocycles. The second kappa shape index (κ2) is 1.84. The van der Waals surface area contributed by atoms with Gasteiger partial charge in [-0.05, 0) is 19.3 Å². The summed E-state index contributed by atoms with van der Waals surface area (Å²) in [4.78, 5) is 11.4. The van der Waals surface area contributed by atoms with E-state index in [1.807, 2.05) is 6.92 Å². The van der Waals surface area contributed by atoms with E-state index in [9.17, 15) is 4.79 Å². The molecule has 3 unspecified atom stereocenters. The summed E-state index contributed by atoms with van der Waals surface area (Å²) in [5.74, 6) is 0.522. The number of fused-ring (bicyclic) bond motifs is 1. The Morgan fingerprint density at radius 1 is 1.73 bits per heavy atom. The molecule has 0 radical (unpaired) electrons. The highest BCUT2D eigenvalue weighted by Gasteiger charge is 2.64. The lowest BCUT2D eigenvalue weighted by Crippen LogP contribution is -2.46. The van der Waals surface area contributed by atoms with Crippen molar-refractivity contribution in [1.82, 2.24) is 0 Å². The number of rotatable bonds is 0. The Labute approximate surface area is 65.9 Å². The Morgan fingerprint density at radius 3 is 3.00 bits per heavy atom. The van der Waals surface area contributed by atoms with Crippen molar-refractivity contribution in [3.63, 3.8) is 0 Å². The lowest BCUT2D eigenvalue weighted by Gasteiger charge is -2.22. The van der Waals surface area contributed by atoms with Gasteiger partial charge in [-0.1, -0.05) is 6.92 Å². The fourth-order valence-corrected chi connectivity index (χ4v) is 2.09. The highest BCUT2D eigenvalue weighted by Crippen LogP contribution is 2.47. The lowest BCUT2D eigenvalue weighted by atomic mass is 9.80. The van der Waals surface area contributed by atoms with Crippen molar-refractivity contribution in [2.45, 2.75) is 38.0 Å². The van der Waals surface area contributed by atoms with Gasteiger partial charge in [-0.2, -0.15) is 0 Å². The van der Waals surface area contributed by atoms with E-state index < -0.39 is 5.60 Å². The fourth-order valence-electron chi connectivity index (χ4n) is 2.09. The van der Waals surface area contributed by atoms with Crippen LogP contribution in [0.3, 0.4) is 0 Å². The normalized spacial score (nSPS) is 55.5. The topological polar surface area (TPSA) is 55.6 Å². The fraction of sp³-hybridized carbons (Fsp3) is 0.875. The van der Waals surface area contributed by atoms with Gasteiger partial charge in [-0.25, -0.2) is 0 Å². The molecule has 2 fully saturated rings. The summed E-state index contributed by atoms with van der Waals surface area (Å²) in [6.45, 7) is 3.93. The van der Waals surface area contributed by atoms with E-state index in [4.69, 9.17) is 10.5 Å². The molecule has 62 valence electrons. The molecule has 3 heteroatoms. The zero-order valence-electron chi connectivity index (χ0n) is 6.83. The van der Waals surface area contributed by atoms with Gasteiger partial charge in [-0.3, -0.25) is 4.79 Å². The smallest absolute Gasteiger partial charge is 0.183 e. The predicted octanol–water partition coefficient (Wildman–Crippen LogP) is 0.0801. The molecular formula is C8H13NO2. The number of Topliss-reactive ketones (excluding diaryl/α,β-unsaturated/α-hetero) is 1. The Bertz CT molecular complexity index is 216. The van der Waals surface area contributed by atoms with E-state index in [1.165, 1.54) is 0 Å². The molecule has 1 saturated heterocycles. The molecule has 3 nitrogen and oxygen atoms in total. The first-order valence-corrected chi connectivity index (χ1v) is 4.03. The third kappa shape index (κ3) is 0.781. The minimum atomic E-state index is -0.517. The molecule has 0 amide bonds. The van der Waals surface area contributed by atoms with Gasteiger partial charge in [0.25, 0.3) is 0 Å². The Hall–Kier alpha value is -0.410. The summed E-state index contributed by atoms with van der Waals surface area (Å²) in [6.07, 6.45) is 0.925. The Morgan fingerprint density at radius 2 is 2.36 bits per heavy atom. The van der Waals surface area contributed by atoms with Crippen molar-refractivity contribution in [3.8, 4) is 0 Å². The first-order chi connectivity index (χ1) is 5.05. The Balaban J connectivity index is 2.23.